The van der Waals surface area contributed by atoms with Crippen LogP contribution in [0.5, 0.6) is 0 Å². The van der Waals surface area contributed by atoms with Crippen LogP contribution in [0.4, 0.5) is 4.39 Å². The lowest BCUT2D eigenvalue weighted by Crippen LogP contribution is -2.20. The Labute approximate surface area is 173 Å². The molecule has 4 aromatic rings. The number of hydrogen-bond donors (Lipinski definition) is 0. The largest absolute Gasteiger partial charge is 0.342 e. The van der Waals surface area contributed by atoms with Gasteiger partial charge in [-0.25, -0.2) is 4.39 Å². The topological polar surface area (TPSA) is 52.0 Å². The van der Waals surface area contributed by atoms with E-state index in [0.717, 1.165) is 22.4 Å². The second-order valence-corrected chi connectivity index (χ2v) is 7.61. The summed E-state index contributed by atoms with van der Waals surface area (Å²) < 4.78 is 15.8. The highest BCUT2D eigenvalue weighted by molar-refractivity contribution is 6.10. The lowest BCUT2D eigenvalue weighted by Gasteiger charge is -2.14. The zero-order valence-electron chi connectivity index (χ0n) is 17.1. The van der Waals surface area contributed by atoms with E-state index in [2.05, 4.69) is 4.98 Å². The van der Waals surface area contributed by atoms with Crippen LogP contribution in [0.3, 0.4) is 0 Å². The van der Waals surface area contributed by atoms with Crippen molar-refractivity contribution in [3.63, 3.8) is 0 Å². The van der Waals surface area contributed by atoms with Crippen LogP contribution in [0.15, 0.2) is 65.7 Å². The average Bonchev–Trinajstić information content (AvgIpc) is 2.71. The van der Waals surface area contributed by atoms with Gasteiger partial charge in [0.2, 0.25) is 5.43 Å². The van der Waals surface area contributed by atoms with Crippen molar-refractivity contribution in [2.45, 2.75) is 27.3 Å². The molecule has 0 saturated heterocycles. The van der Waals surface area contributed by atoms with Gasteiger partial charge in [0.25, 0.3) is 0 Å². The van der Waals surface area contributed by atoms with E-state index in [1.807, 2.05) is 49.6 Å². The van der Waals surface area contributed by atoms with Crippen molar-refractivity contribution in [2.75, 3.05) is 0 Å². The first-order valence-electron chi connectivity index (χ1n) is 9.69. The number of benzene rings is 2. The predicted molar refractivity (Wildman–Crippen MR) is 116 cm³/mol. The monoisotopic (exact) mass is 400 g/mol. The van der Waals surface area contributed by atoms with Gasteiger partial charge in [-0.2, -0.15) is 0 Å². The second-order valence-electron chi connectivity index (χ2n) is 7.61. The smallest absolute Gasteiger partial charge is 0.200 e. The molecule has 0 aliphatic rings. The number of carbonyl (C=O) groups is 1. The summed E-state index contributed by atoms with van der Waals surface area (Å²) in [5.74, 6) is -0.932. The van der Waals surface area contributed by atoms with Crippen molar-refractivity contribution in [2.24, 2.45) is 0 Å². The van der Waals surface area contributed by atoms with Crippen LogP contribution in [-0.2, 0) is 6.54 Å². The molecule has 0 radical (unpaired) electrons. The first-order valence-corrected chi connectivity index (χ1v) is 9.69. The summed E-state index contributed by atoms with van der Waals surface area (Å²) in [5, 5.41) is 0.185. The molecule has 150 valence electrons. The molecule has 0 atom stereocenters. The van der Waals surface area contributed by atoms with Gasteiger partial charge in [0.05, 0.1) is 11.1 Å². The zero-order chi connectivity index (χ0) is 21.4. The van der Waals surface area contributed by atoms with E-state index in [1.165, 1.54) is 18.3 Å². The molecule has 2 aromatic carbocycles. The van der Waals surface area contributed by atoms with Gasteiger partial charge in [-0.15, -0.1) is 0 Å². The van der Waals surface area contributed by atoms with Crippen molar-refractivity contribution in [3.05, 3.63) is 110 Å². The Balaban J connectivity index is 1.91. The number of aryl methyl sites for hydroxylation is 3. The number of hydrogen-bond acceptors (Lipinski definition) is 3. The summed E-state index contributed by atoms with van der Waals surface area (Å²) in [6, 6.07) is 13.8. The first-order chi connectivity index (χ1) is 14.3. The minimum absolute atomic E-state index is 0.00538. The van der Waals surface area contributed by atoms with Crippen molar-refractivity contribution in [1.82, 2.24) is 9.55 Å². The number of rotatable bonds is 4. The quantitative estimate of drug-likeness (QED) is 0.465. The highest BCUT2D eigenvalue weighted by Gasteiger charge is 2.18. The van der Waals surface area contributed by atoms with Gasteiger partial charge in [-0.05, 0) is 56.2 Å². The van der Waals surface area contributed by atoms with Crippen LogP contribution >= 0.6 is 0 Å². The van der Waals surface area contributed by atoms with Gasteiger partial charge in [-0.3, -0.25) is 14.6 Å². The van der Waals surface area contributed by atoms with E-state index in [0.29, 0.717) is 17.6 Å². The molecule has 2 heterocycles. The van der Waals surface area contributed by atoms with E-state index < -0.39 is 17.0 Å². The highest BCUT2D eigenvalue weighted by atomic mass is 19.1. The molecule has 0 aliphatic heterocycles. The summed E-state index contributed by atoms with van der Waals surface area (Å²) in [5.41, 5.74) is 4.28. The van der Waals surface area contributed by atoms with Crippen LogP contribution in [0.2, 0.25) is 0 Å². The van der Waals surface area contributed by atoms with Gasteiger partial charge in [0.15, 0.2) is 5.78 Å². The summed E-state index contributed by atoms with van der Waals surface area (Å²) in [7, 11) is 0. The van der Waals surface area contributed by atoms with Crippen LogP contribution < -0.4 is 5.43 Å². The molecule has 4 nitrogen and oxygen atoms in total. The first kappa shape index (κ1) is 19.7. The number of nitrogens with zero attached hydrogens (tertiary/aromatic N) is 2. The lowest BCUT2D eigenvalue weighted by molar-refractivity contribution is 0.103. The Kier molecular flexibility index (Phi) is 5.04. The summed E-state index contributed by atoms with van der Waals surface area (Å²) >= 11 is 0. The molecular formula is C25H21FN2O2. The fourth-order valence-corrected chi connectivity index (χ4v) is 3.59. The average molecular weight is 400 g/mol. The Hall–Kier alpha value is -3.60. The third-order valence-electron chi connectivity index (χ3n) is 5.32. The van der Waals surface area contributed by atoms with Crippen LogP contribution in [0.1, 0.15) is 38.3 Å². The van der Waals surface area contributed by atoms with Gasteiger partial charge in [0, 0.05) is 35.6 Å². The molecule has 0 spiro atoms. The SMILES string of the molecule is Cc1cccc(Cn2cc(C(=O)c3cnc(C)c(C)c3)c(=O)c3cc(F)ccc32)c1. The Morgan fingerprint density at radius 1 is 1.07 bits per heavy atom. The van der Waals surface area contributed by atoms with Crippen molar-refractivity contribution < 1.29 is 9.18 Å². The second kappa shape index (κ2) is 7.67. The maximum atomic E-state index is 13.9. The maximum Gasteiger partial charge on any atom is 0.200 e. The molecular weight excluding hydrogens is 379 g/mol. The molecule has 0 amide bonds. The zero-order valence-corrected chi connectivity index (χ0v) is 17.1. The number of carbonyl (C=O) groups excluding carboxylic acids is 1. The van der Waals surface area contributed by atoms with E-state index in [4.69, 9.17) is 0 Å². The highest BCUT2D eigenvalue weighted by Crippen LogP contribution is 2.18. The number of ketones is 1. The van der Waals surface area contributed by atoms with Gasteiger partial charge >= 0.3 is 0 Å². The molecule has 30 heavy (non-hydrogen) atoms. The summed E-state index contributed by atoms with van der Waals surface area (Å²) in [4.78, 5) is 30.5. The third kappa shape index (κ3) is 3.66. The van der Waals surface area contributed by atoms with Gasteiger partial charge in [-0.1, -0.05) is 29.8 Å². The third-order valence-corrected chi connectivity index (χ3v) is 5.32. The molecule has 5 heteroatoms. The van der Waals surface area contributed by atoms with Gasteiger partial charge < -0.3 is 4.57 Å². The minimum atomic E-state index is -0.515. The van der Waals surface area contributed by atoms with E-state index in [-0.39, 0.29) is 10.9 Å². The normalized spacial score (nSPS) is 11.1. The number of pyridine rings is 2. The molecule has 0 aliphatic carbocycles. The number of fused-ring (bicyclic) bond motifs is 1. The molecule has 0 fully saturated rings. The van der Waals surface area contributed by atoms with Gasteiger partial charge in [0.1, 0.15) is 5.82 Å². The maximum absolute atomic E-state index is 13.9. The Morgan fingerprint density at radius 2 is 1.87 bits per heavy atom. The van der Waals surface area contributed by atoms with E-state index in [1.54, 1.807) is 18.3 Å². The number of halogens is 1. The predicted octanol–water partition coefficient (Wildman–Crippen LogP) is 4.74. The fourth-order valence-electron chi connectivity index (χ4n) is 3.59. The Morgan fingerprint density at radius 3 is 2.60 bits per heavy atom. The summed E-state index contributed by atoms with van der Waals surface area (Å²) in [6.45, 7) is 6.18. The molecule has 4 rings (SSSR count). The van der Waals surface area contributed by atoms with E-state index in [9.17, 15) is 14.0 Å². The van der Waals surface area contributed by atoms with E-state index >= 15 is 0 Å². The Bertz CT molecular complexity index is 1360. The van der Waals surface area contributed by atoms with Crippen molar-refractivity contribution in [1.29, 1.82) is 0 Å². The van der Waals surface area contributed by atoms with Crippen molar-refractivity contribution >= 4 is 16.7 Å². The molecule has 0 unspecified atom stereocenters. The number of aromatic nitrogens is 2. The van der Waals surface area contributed by atoms with Crippen LogP contribution in [-0.4, -0.2) is 15.3 Å². The van der Waals surface area contributed by atoms with Crippen LogP contribution in [0.25, 0.3) is 10.9 Å². The summed E-state index contributed by atoms with van der Waals surface area (Å²) in [6.07, 6.45) is 3.05. The molecule has 2 aromatic heterocycles. The standard InChI is InChI=1S/C25H21FN2O2/c1-15-5-4-6-18(9-15)13-28-14-22(24(29)19-10-16(2)17(3)27-12-19)25(30)21-11-20(26)7-8-23(21)28/h4-12,14H,13H2,1-3H3. The molecule has 0 N–H and O–H groups in total. The lowest BCUT2D eigenvalue weighted by atomic mass is 10.0. The van der Waals surface area contributed by atoms with Crippen LogP contribution in [0, 0.1) is 26.6 Å². The minimum Gasteiger partial charge on any atom is -0.342 e. The fraction of sp³-hybridized carbons (Fsp3) is 0.160. The molecule has 0 saturated carbocycles. The van der Waals surface area contributed by atoms with Crippen molar-refractivity contribution in [3.8, 4) is 0 Å². The molecule has 0 bridgehead atoms.